The van der Waals surface area contributed by atoms with Crippen molar-refractivity contribution in [2.75, 3.05) is 36.0 Å². The molecule has 0 N–H and O–H groups in total. The van der Waals surface area contributed by atoms with Gasteiger partial charge in [0.1, 0.15) is 22.7 Å². The van der Waals surface area contributed by atoms with Gasteiger partial charge < -0.3 is 9.80 Å². The van der Waals surface area contributed by atoms with Crippen molar-refractivity contribution in [3.05, 3.63) is 51.1 Å². The number of benzene rings is 1. The van der Waals surface area contributed by atoms with Gasteiger partial charge in [0, 0.05) is 37.1 Å². The minimum Gasteiger partial charge on any atom is -0.362 e. The topological polar surface area (TPSA) is 75.4 Å². The number of nitro groups is 1. The summed E-state index contributed by atoms with van der Waals surface area (Å²) in [6, 6.07) is 7.56. The van der Waals surface area contributed by atoms with Gasteiger partial charge >= 0.3 is 0 Å². The molecule has 0 radical (unpaired) electrons. The van der Waals surface area contributed by atoms with E-state index in [1.54, 1.807) is 23.7 Å². The molecule has 134 valence electrons. The standard InChI is InChI=1S/C18H19N5O2S/c1-12-3-4-15(16(9-12)23(24)25)21-5-7-22(8-6-21)17-14-10-13(2)26-18(14)20-11-19-17/h3-4,9-11H,5-8H2,1-2H3. The zero-order chi connectivity index (χ0) is 18.3. The lowest BCUT2D eigenvalue weighted by molar-refractivity contribution is -0.384. The van der Waals surface area contributed by atoms with Crippen LogP contribution >= 0.6 is 11.3 Å². The summed E-state index contributed by atoms with van der Waals surface area (Å²) in [7, 11) is 0. The highest BCUT2D eigenvalue weighted by molar-refractivity contribution is 7.18. The molecule has 8 heteroatoms. The molecule has 0 bridgehead atoms. The molecule has 0 atom stereocenters. The molecule has 0 saturated carbocycles. The lowest BCUT2D eigenvalue weighted by Crippen LogP contribution is -2.47. The number of hydrogen-bond donors (Lipinski definition) is 0. The number of hydrogen-bond acceptors (Lipinski definition) is 7. The Labute approximate surface area is 155 Å². The monoisotopic (exact) mass is 369 g/mol. The quantitative estimate of drug-likeness (QED) is 0.519. The van der Waals surface area contributed by atoms with Crippen molar-refractivity contribution in [1.82, 2.24) is 9.97 Å². The molecule has 0 amide bonds. The van der Waals surface area contributed by atoms with Crippen LogP contribution in [0.4, 0.5) is 17.2 Å². The van der Waals surface area contributed by atoms with Crippen LogP contribution in [0.3, 0.4) is 0 Å². The fourth-order valence-electron chi connectivity index (χ4n) is 3.42. The predicted octanol–water partition coefficient (Wildman–Crippen LogP) is 3.54. The molecule has 7 nitrogen and oxygen atoms in total. The minimum atomic E-state index is -0.295. The molecule has 1 aromatic carbocycles. The molecule has 4 rings (SSSR count). The van der Waals surface area contributed by atoms with Crippen molar-refractivity contribution in [3.8, 4) is 0 Å². The van der Waals surface area contributed by atoms with Crippen molar-refractivity contribution in [2.45, 2.75) is 13.8 Å². The third-order valence-electron chi connectivity index (χ3n) is 4.68. The molecular weight excluding hydrogens is 350 g/mol. The molecule has 1 fully saturated rings. The molecule has 26 heavy (non-hydrogen) atoms. The molecule has 2 aromatic heterocycles. The maximum absolute atomic E-state index is 11.4. The zero-order valence-electron chi connectivity index (χ0n) is 14.7. The first-order valence-electron chi connectivity index (χ1n) is 8.49. The van der Waals surface area contributed by atoms with E-state index in [2.05, 4.69) is 32.8 Å². The molecule has 3 aromatic rings. The normalized spacial score (nSPS) is 14.8. The number of anilines is 2. The van der Waals surface area contributed by atoms with E-state index in [0.29, 0.717) is 5.69 Å². The Hall–Kier alpha value is -2.74. The van der Waals surface area contributed by atoms with Gasteiger partial charge in [-0.1, -0.05) is 6.07 Å². The Bertz CT molecular complexity index is 979. The van der Waals surface area contributed by atoms with Crippen LogP contribution in [0.1, 0.15) is 10.4 Å². The summed E-state index contributed by atoms with van der Waals surface area (Å²) in [5.74, 6) is 0.956. The average molecular weight is 369 g/mol. The van der Waals surface area contributed by atoms with E-state index in [4.69, 9.17) is 0 Å². The van der Waals surface area contributed by atoms with Gasteiger partial charge in [0.25, 0.3) is 5.69 Å². The molecule has 1 aliphatic heterocycles. The maximum atomic E-state index is 11.4. The number of aryl methyl sites for hydroxylation is 2. The summed E-state index contributed by atoms with van der Waals surface area (Å²) in [5.41, 5.74) is 1.77. The Morgan fingerprint density at radius 3 is 2.54 bits per heavy atom. The van der Waals surface area contributed by atoms with Crippen molar-refractivity contribution in [3.63, 3.8) is 0 Å². The first kappa shape index (κ1) is 16.7. The van der Waals surface area contributed by atoms with Gasteiger partial charge in [0.2, 0.25) is 0 Å². The van der Waals surface area contributed by atoms with Gasteiger partial charge in [-0.3, -0.25) is 10.1 Å². The Morgan fingerprint density at radius 1 is 1.08 bits per heavy atom. The zero-order valence-corrected chi connectivity index (χ0v) is 15.5. The van der Waals surface area contributed by atoms with Gasteiger partial charge in [0.05, 0.1) is 10.3 Å². The Morgan fingerprint density at radius 2 is 1.81 bits per heavy atom. The van der Waals surface area contributed by atoms with Crippen LogP contribution in [0.2, 0.25) is 0 Å². The van der Waals surface area contributed by atoms with Crippen LogP contribution in [0.25, 0.3) is 10.2 Å². The molecule has 1 saturated heterocycles. The molecule has 1 aliphatic rings. The predicted molar refractivity (Wildman–Crippen MR) is 104 cm³/mol. The third kappa shape index (κ3) is 2.96. The fraction of sp³-hybridized carbons (Fsp3) is 0.333. The Balaban J connectivity index is 1.57. The van der Waals surface area contributed by atoms with E-state index in [1.807, 2.05) is 19.1 Å². The molecule has 0 unspecified atom stereocenters. The maximum Gasteiger partial charge on any atom is 0.292 e. The van der Waals surface area contributed by atoms with E-state index in [1.165, 1.54) is 4.88 Å². The molecule has 0 spiro atoms. The van der Waals surface area contributed by atoms with Crippen LogP contribution in [0.15, 0.2) is 30.6 Å². The van der Waals surface area contributed by atoms with Crippen molar-refractivity contribution in [1.29, 1.82) is 0 Å². The number of aromatic nitrogens is 2. The van der Waals surface area contributed by atoms with E-state index in [0.717, 1.165) is 47.8 Å². The molecular formula is C18H19N5O2S. The summed E-state index contributed by atoms with van der Waals surface area (Å²) in [4.78, 5) is 26.5. The lowest BCUT2D eigenvalue weighted by atomic mass is 10.1. The fourth-order valence-corrected chi connectivity index (χ4v) is 4.26. The number of thiophene rings is 1. The summed E-state index contributed by atoms with van der Waals surface area (Å²) in [6.07, 6.45) is 1.62. The van der Waals surface area contributed by atoms with E-state index in [-0.39, 0.29) is 10.6 Å². The second kappa shape index (κ2) is 6.53. The summed E-state index contributed by atoms with van der Waals surface area (Å²) in [5, 5.41) is 12.5. The summed E-state index contributed by atoms with van der Waals surface area (Å²) >= 11 is 1.67. The number of nitrogens with zero attached hydrogens (tertiary/aromatic N) is 5. The van der Waals surface area contributed by atoms with Gasteiger partial charge in [-0.25, -0.2) is 9.97 Å². The van der Waals surface area contributed by atoms with Crippen molar-refractivity contribution >= 4 is 38.7 Å². The van der Waals surface area contributed by atoms with Crippen LogP contribution in [0, 0.1) is 24.0 Å². The first-order valence-corrected chi connectivity index (χ1v) is 9.30. The van der Waals surface area contributed by atoms with Crippen molar-refractivity contribution < 1.29 is 4.92 Å². The van der Waals surface area contributed by atoms with Crippen LogP contribution in [0.5, 0.6) is 0 Å². The van der Waals surface area contributed by atoms with E-state index < -0.39 is 0 Å². The third-order valence-corrected chi connectivity index (χ3v) is 5.64. The second-order valence-corrected chi connectivity index (χ2v) is 7.73. The molecule has 3 heterocycles. The highest BCUT2D eigenvalue weighted by Gasteiger charge is 2.25. The SMILES string of the molecule is Cc1ccc(N2CCN(c3ncnc4sc(C)cc34)CC2)c([N+](=O)[O-])c1. The summed E-state index contributed by atoms with van der Waals surface area (Å²) in [6.45, 7) is 6.93. The van der Waals surface area contributed by atoms with E-state index >= 15 is 0 Å². The number of piperazine rings is 1. The average Bonchev–Trinajstić information content (AvgIpc) is 3.02. The highest BCUT2D eigenvalue weighted by atomic mass is 32.1. The van der Waals surface area contributed by atoms with Crippen LogP contribution < -0.4 is 9.80 Å². The van der Waals surface area contributed by atoms with Crippen LogP contribution in [-0.2, 0) is 0 Å². The van der Waals surface area contributed by atoms with Crippen LogP contribution in [-0.4, -0.2) is 41.1 Å². The van der Waals surface area contributed by atoms with E-state index in [9.17, 15) is 10.1 Å². The smallest absolute Gasteiger partial charge is 0.292 e. The highest BCUT2D eigenvalue weighted by Crippen LogP contribution is 2.33. The summed E-state index contributed by atoms with van der Waals surface area (Å²) < 4.78 is 0. The first-order chi connectivity index (χ1) is 12.5. The number of rotatable bonds is 3. The minimum absolute atomic E-state index is 0.177. The van der Waals surface area contributed by atoms with Gasteiger partial charge in [-0.2, -0.15) is 0 Å². The largest absolute Gasteiger partial charge is 0.362 e. The second-order valence-electron chi connectivity index (χ2n) is 6.50. The van der Waals surface area contributed by atoms with Gasteiger partial charge in [0.15, 0.2) is 0 Å². The molecule has 0 aliphatic carbocycles. The van der Waals surface area contributed by atoms with Crippen molar-refractivity contribution in [2.24, 2.45) is 0 Å². The lowest BCUT2D eigenvalue weighted by Gasteiger charge is -2.36. The van der Waals surface area contributed by atoms with Gasteiger partial charge in [-0.15, -0.1) is 11.3 Å². The van der Waals surface area contributed by atoms with Gasteiger partial charge in [-0.05, 0) is 31.5 Å². The number of nitro benzene ring substituents is 1. The Kier molecular flexibility index (Phi) is 4.20. The number of fused-ring (bicyclic) bond motifs is 1.